The zero-order valence-electron chi connectivity index (χ0n) is 11.7. The van der Waals surface area contributed by atoms with Crippen LogP contribution in [0.1, 0.15) is 13.3 Å². The van der Waals surface area contributed by atoms with E-state index in [0.717, 1.165) is 18.2 Å². The topological polar surface area (TPSA) is 137 Å². The van der Waals surface area contributed by atoms with Crippen molar-refractivity contribution in [2.75, 3.05) is 19.1 Å². The first-order chi connectivity index (χ1) is 9.81. The SMILES string of the molecule is COCCC(C)NS(=O)(=O)c1ccc([N+](=O)[O-])c(NN)c1. The molecule has 1 aromatic carbocycles. The maximum Gasteiger partial charge on any atom is 0.293 e. The number of nitrogens with zero attached hydrogens (tertiary/aromatic N) is 1. The van der Waals surface area contributed by atoms with E-state index in [4.69, 9.17) is 10.6 Å². The van der Waals surface area contributed by atoms with E-state index in [1.807, 2.05) is 0 Å². The number of rotatable bonds is 8. The number of nitro groups is 1. The van der Waals surface area contributed by atoms with E-state index < -0.39 is 14.9 Å². The number of benzene rings is 1. The quantitative estimate of drug-likeness (QED) is 0.362. The molecule has 10 heteroatoms. The number of methoxy groups -OCH3 is 1. The molecule has 0 saturated carbocycles. The van der Waals surface area contributed by atoms with E-state index in [1.54, 1.807) is 6.92 Å². The highest BCUT2D eigenvalue weighted by Crippen LogP contribution is 2.26. The van der Waals surface area contributed by atoms with Gasteiger partial charge in [0.05, 0.1) is 9.82 Å². The van der Waals surface area contributed by atoms with E-state index in [9.17, 15) is 18.5 Å². The number of anilines is 1. The molecule has 21 heavy (non-hydrogen) atoms. The van der Waals surface area contributed by atoms with Crippen LogP contribution in [-0.2, 0) is 14.8 Å². The second-order valence-corrected chi connectivity index (χ2v) is 6.10. The first kappa shape index (κ1) is 17.3. The van der Waals surface area contributed by atoms with Crippen molar-refractivity contribution in [2.24, 2.45) is 5.84 Å². The summed E-state index contributed by atoms with van der Waals surface area (Å²) >= 11 is 0. The van der Waals surface area contributed by atoms with Gasteiger partial charge >= 0.3 is 0 Å². The minimum Gasteiger partial charge on any atom is -0.385 e. The van der Waals surface area contributed by atoms with Crippen LogP contribution in [0, 0.1) is 10.1 Å². The van der Waals surface area contributed by atoms with Crippen molar-refractivity contribution in [1.29, 1.82) is 0 Å². The van der Waals surface area contributed by atoms with Gasteiger partial charge in [-0.25, -0.2) is 13.1 Å². The molecule has 0 radical (unpaired) electrons. The summed E-state index contributed by atoms with van der Waals surface area (Å²) in [7, 11) is -2.26. The lowest BCUT2D eigenvalue weighted by Crippen LogP contribution is -2.33. The fraction of sp³-hybridized carbons (Fsp3) is 0.455. The van der Waals surface area contributed by atoms with Gasteiger partial charge in [0, 0.05) is 25.8 Å². The molecule has 9 nitrogen and oxygen atoms in total. The number of nitrogens with one attached hydrogen (secondary N) is 2. The Morgan fingerprint density at radius 1 is 1.48 bits per heavy atom. The number of nitrogen functional groups attached to an aromatic ring is 1. The van der Waals surface area contributed by atoms with Gasteiger partial charge < -0.3 is 10.2 Å². The number of hydrazine groups is 1. The number of sulfonamides is 1. The molecule has 0 heterocycles. The summed E-state index contributed by atoms with van der Waals surface area (Å²) in [4.78, 5) is 10.0. The molecule has 1 atom stereocenters. The minimum absolute atomic E-state index is 0.0765. The molecule has 0 saturated heterocycles. The number of nitro benzene ring substituents is 1. The van der Waals surface area contributed by atoms with Crippen molar-refractivity contribution in [1.82, 2.24) is 4.72 Å². The summed E-state index contributed by atoms with van der Waals surface area (Å²) in [6, 6.07) is 3.02. The van der Waals surface area contributed by atoms with Crippen molar-refractivity contribution in [2.45, 2.75) is 24.3 Å². The van der Waals surface area contributed by atoms with Crippen molar-refractivity contribution >= 4 is 21.4 Å². The maximum atomic E-state index is 12.2. The largest absolute Gasteiger partial charge is 0.385 e. The number of ether oxygens (including phenoxy) is 1. The Morgan fingerprint density at radius 2 is 2.14 bits per heavy atom. The average Bonchev–Trinajstić information content (AvgIpc) is 2.43. The van der Waals surface area contributed by atoms with Crippen molar-refractivity contribution in [3.63, 3.8) is 0 Å². The molecule has 1 aromatic rings. The predicted molar refractivity (Wildman–Crippen MR) is 77.2 cm³/mol. The third-order valence-corrected chi connectivity index (χ3v) is 4.33. The Morgan fingerprint density at radius 3 is 2.67 bits per heavy atom. The lowest BCUT2D eigenvalue weighted by atomic mass is 10.3. The van der Waals surface area contributed by atoms with Crippen LogP contribution < -0.4 is 16.0 Å². The van der Waals surface area contributed by atoms with Gasteiger partial charge in [-0.05, 0) is 25.5 Å². The summed E-state index contributed by atoms with van der Waals surface area (Å²) < 4.78 is 31.7. The molecular formula is C11H18N4O5S. The van der Waals surface area contributed by atoms with Crippen molar-refractivity contribution < 1.29 is 18.1 Å². The standard InChI is InChI=1S/C11H18N4O5S/c1-8(5-6-20-2)14-21(18,19)9-3-4-11(15(16)17)10(7-9)13-12/h3-4,7-8,13-14H,5-6,12H2,1-2H3. The predicted octanol–water partition coefficient (Wildman–Crippen LogP) is 0.584. The second-order valence-electron chi connectivity index (χ2n) is 4.38. The summed E-state index contributed by atoms with van der Waals surface area (Å²) in [6.07, 6.45) is 0.505. The smallest absolute Gasteiger partial charge is 0.293 e. The second kappa shape index (κ2) is 7.31. The van der Waals surface area contributed by atoms with Gasteiger partial charge in [0.1, 0.15) is 5.69 Å². The Labute approximate surface area is 122 Å². The summed E-state index contributed by atoms with van der Waals surface area (Å²) in [6.45, 7) is 2.11. The summed E-state index contributed by atoms with van der Waals surface area (Å²) in [5, 5.41) is 10.8. The first-order valence-electron chi connectivity index (χ1n) is 6.08. The maximum absolute atomic E-state index is 12.2. The Kier molecular flexibility index (Phi) is 6.03. The first-order valence-corrected chi connectivity index (χ1v) is 7.56. The van der Waals surface area contributed by atoms with Gasteiger partial charge in [-0.1, -0.05) is 0 Å². The van der Waals surface area contributed by atoms with Gasteiger partial charge in [0.15, 0.2) is 0 Å². The van der Waals surface area contributed by atoms with Gasteiger partial charge in [0.2, 0.25) is 10.0 Å². The van der Waals surface area contributed by atoms with E-state index in [1.165, 1.54) is 7.11 Å². The third kappa shape index (κ3) is 4.63. The molecule has 1 rings (SSSR count). The van der Waals surface area contributed by atoms with Crippen molar-refractivity contribution in [3.8, 4) is 0 Å². The van der Waals surface area contributed by atoms with Crippen LogP contribution in [0.2, 0.25) is 0 Å². The minimum atomic E-state index is -3.79. The molecule has 0 aliphatic carbocycles. The van der Waals surface area contributed by atoms with Gasteiger partial charge in [0.25, 0.3) is 5.69 Å². The highest BCUT2D eigenvalue weighted by Gasteiger charge is 2.21. The van der Waals surface area contributed by atoms with E-state index in [2.05, 4.69) is 10.1 Å². The molecule has 118 valence electrons. The molecule has 0 aliphatic rings. The fourth-order valence-corrected chi connectivity index (χ4v) is 2.95. The van der Waals surface area contributed by atoms with Crippen LogP contribution in [0.25, 0.3) is 0 Å². The number of hydrogen-bond acceptors (Lipinski definition) is 7. The molecule has 0 bridgehead atoms. The molecule has 0 aromatic heterocycles. The Bertz CT molecular complexity index is 605. The molecule has 0 aliphatic heterocycles. The van der Waals surface area contributed by atoms with Crippen LogP contribution in [-0.4, -0.2) is 33.1 Å². The van der Waals surface area contributed by atoms with Crippen LogP contribution in [0.15, 0.2) is 23.1 Å². The zero-order valence-corrected chi connectivity index (χ0v) is 12.5. The van der Waals surface area contributed by atoms with Crippen LogP contribution in [0.3, 0.4) is 0 Å². The molecule has 0 amide bonds. The molecular weight excluding hydrogens is 300 g/mol. The number of hydrogen-bond donors (Lipinski definition) is 3. The van der Waals surface area contributed by atoms with Crippen LogP contribution in [0.4, 0.5) is 11.4 Å². The highest BCUT2D eigenvalue weighted by molar-refractivity contribution is 7.89. The third-order valence-electron chi connectivity index (χ3n) is 2.74. The Balaban J connectivity index is 3.01. The molecule has 0 spiro atoms. The molecule has 4 N–H and O–H groups in total. The number of nitrogens with two attached hydrogens (primary N) is 1. The molecule has 1 unspecified atom stereocenters. The lowest BCUT2D eigenvalue weighted by molar-refractivity contribution is -0.384. The zero-order chi connectivity index (χ0) is 16.0. The van der Waals surface area contributed by atoms with E-state index in [0.29, 0.717) is 13.0 Å². The average molecular weight is 318 g/mol. The van der Waals surface area contributed by atoms with Gasteiger partial charge in [-0.3, -0.25) is 16.0 Å². The normalized spacial score (nSPS) is 12.9. The van der Waals surface area contributed by atoms with E-state index >= 15 is 0 Å². The van der Waals surface area contributed by atoms with Crippen LogP contribution in [0.5, 0.6) is 0 Å². The fourth-order valence-electron chi connectivity index (χ4n) is 1.64. The van der Waals surface area contributed by atoms with Gasteiger partial charge in [-0.2, -0.15) is 0 Å². The summed E-state index contributed by atoms with van der Waals surface area (Å²) in [5.74, 6) is 5.18. The highest BCUT2D eigenvalue weighted by atomic mass is 32.2. The monoisotopic (exact) mass is 318 g/mol. The van der Waals surface area contributed by atoms with Gasteiger partial charge in [-0.15, -0.1) is 0 Å². The van der Waals surface area contributed by atoms with E-state index in [-0.39, 0.29) is 22.3 Å². The lowest BCUT2D eigenvalue weighted by Gasteiger charge is -2.14. The van der Waals surface area contributed by atoms with Crippen LogP contribution >= 0.6 is 0 Å². The Hall–Kier alpha value is -1.75. The van der Waals surface area contributed by atoms with Crippen molar-refractivity contribution in [3.05, 3.63) is 28.3 Å². The summed E-state index contributed by atoms with van der Waals surface area (Å²) in [5.41, 5.74) is 1.74. The molecule has 0 fully saturated rings.